The highest BCUT2D eigenvalue weighted by Gasteiger charge is 2.26. The van der Waals surface area contributed by atoms with Crippen molar-refractivity contribution in [2.75, 3.05) is 13.2 Å². The molecule has 0 saturated heterocycles. The fourth-order valence-corrected chi connectivity index (χ4v) is 2.95. The van der Waals surface area contributed by atoms with Gasteiger partial charge in [0.1, 0.15) is 5.69 Å². The third-order valence-electron chi connectivity index (χ3n) is 4.13. The number of alkyl halides is 2. The van der Waals surface area contributed by atoms with Gasteiger partial charge in [0.25, 0.3) is 5.92 Å². The Morgan fingerprint density at radius 1 is 1.36 bits per heavy atom. The Morgan fingerprint density at radius 2 is 2.11 bits per heavy atom. The molecule has 0 bridgehead atoms. The first-order valence-corrected chi connectivity index (χ1v) is 9.63. The van der Waals surface area contributed by atoms with Crippen LogP contribution in [0.15, 0.2) is 29.3 Å². The van der Waals surface area contributed by atoms with Crippen LogP contribution in [-0.2, 0) is 11.2 Å². The van der Waals surface area contributed by atoms with E-state index in [0.717, 1.165) is 37.7 Å². The van der Waals surface area contributed by atoms with Gasteiger partial charge in [0, 0.05) is 32.4 Å². The van der Waals surface area contributed by atoms with Crippen LogP contribution in [0, 0.1) is 0 Å². The van der Waals surface area contributed by atoms with E-state index in [-0.39, 0.29) is 11.4 Å². The van der Waals surface area contributed by atoms with Crippen LogP contribution in [0.25, 0.3) is 11.3 Å². The average molecular weight is 412 g/mol. The maximum atomic E-state index is 13.0. The molecule has 0 radical (unpaired) electrons. The SMILES string of the molecule is CCOSOc1cc(C2CC2)cnc1-c1cn(C)c(OCC(C)(F)F)cc1=O. The van der Waals surface area contributed by atoms with Crippen molar-refractivity contribution in [3.8, 4) is 22.9 Å². The van der Waals surface area contributed by atoms with Gasteiger partial charge in [-0.25, -0.2) is 8.78 Å². The fraction of sp³-hybridized carbons (Fsp3) is 0.474. The molecule has 1 aliphatic carbocycles. The lowest BCUT2D eigenvalue weighted by atomic mass is 10.1. The summed E-state index contributed by atoms with van der Waals surface area (Å²) in [4.78, 5) is 17.1. The molecule has 6 nitrogen and oxygen atoms in total. The number of aryl methyl sites for hydroxylation is 1. The zero-order valence-electron chi connectivity index (χ0n) is 15.9. The van der Waals surface area contributed by atoms with E-state index in [2.05, 4.69) is 4.98 Å². The Kier molecular flexibility index (Phi) is 6.24. The maximum Gasteiger partial charge on any atom is 0.278 e. The quantitative estimate of drug-likeness (QED) is 0.451. The molecule has 1 fully saturated rings. The van der Waals surface area contributed by atoms with Gasteiger partial charge in [0.2, 0.25) is 12.3 Å². The monoisotopic (exact) mass is 412 g/mol. The number of nitrogens with zero attached hydrogens (tertiary/aromatic N) is 2. The summed E-state index contributed by atoms with van der Waals surface area (Å²) < 4.78 is 43.4. The molecule has 1 saturated carbocycles. The number of ether oxygens (including phenoxy) is 1. The van der Waals surface area contributed by atoms with Crippen LogP contribution in [0.1, 0.15) is 38.2 Å². The largest absolute Gasteiger partial charge is 0.472 e. The topological polar surface area (TPSA) is 62.6 Å². The second-order valence-corrected chi connectivity index (χ2v) is 7.35. The molecule has 2 aromatic heterocycles. The summed E-state index contributed by atoms with van der Waals surface area (Å²) >= 11 is 0.823. The van der Waals surface area contributed by atoms with Crippen molar-refractivity contribution in [1.82, 2.24) is 9.55 Å². The third-order valence-corrected chi connectivity index (χ3v) is 4.71. The number of hydrogen-bond acceptors (Lipinski definition) is 6. The van der Waals surface area contributed by atoms with Gasteiger partial charge in [0.15, 0.2) is 23.7 Å². The molecule has 3 rings (SSSR count). The standard InChI is InChI=1S/C19H22F2N2O4S/c1-4-26-28-27-16-7-13(12-5-6-12)9-22-18(16)14-10-23(3)17(8-15(14)24)25-11-19(2,20)21/h7-10,12H,4-6,11H2,1-3H3. The summed E-state index contributed by atoms with van der Waals surface area (Å²) in [6.45, 7) is 2.24. The fourth-order valence-electron chi connectivity index (χ4n) is 2.61. The molecule has 0 amide bonds. The molecule has 0 atom stereocenters. The smallest absolute Gasteiger partial charge is 0.278 e. The van der Waals surface area contributed by atoms with Crippen LogP contribution < -0.4 is 14.3 Å². The van der Waals surface area contributed by atoms with Crippen molar-refractivity contribution < 1.29 is 21.9 Å². The second kappa shape index (κ2) is 8.48. The predicted molar refractivity (Wildman–Crippen MR) is 103 cm³/mol. The molecule has 0 aliphatic heterocycles. The molecule has 2 heterocycles. The van der Waals surface area contributed by atoms with E-state index >= 15 is 0 Å². The van der Waals surface area contributed by atoms with E-state index < -0.39 is 18.0 Å². The number of rotatable bonds is 9. The van der Waals surface area contributed by atoms with Crippen molar-refractivity contribution in [3.63, 3.8) is 0 Å². The van der Waals surface area contributed by atoms with Crippen molar-refractivity contribution in [2.45, 2.75) is 38.5 Å². The predicted octanol–water partition coefficient (Wildman–Crippen LogP) is 4.34. The van der Waals surface area contributed by atoms with E-state index in [9.17, 15) is 13.6 Å². The second-order valence-electron chi connectivity index (χ2n) is 6.81. The Balaban J connectivity index is 1.93. The van der Waals surface area contributed by atoms with E-state index in [0.29, 0.717) is 24.0 Å². The van der Waals surface area contributed by atoms with Gasteiger partial charge < -0.3 is 13.5 Å². The lowest BCUT2D eigenvalue weighted by molar-refractivity contribution is -0.0252. The van der Waals surface area contributed by atoms with E-state index in [1.165, 1.54) is 16.8 Å². The minimum absolute atomic E-state index is 0.0519. The zero-order valence-corrected chi connectivity index (χ0v) is 16.7. The summed E-state index contributed by atoms with van der Waals surface area (Å²) in [5.74, 6) is -2.05. The Bertz CT molecular complexity index is 894. The highest BCUT2D eigenvalue weighted by Crippen LogP contribution is 2.42. The Labute approximate surface area is 166 Å². The Hall–Kier alpha value is -2.13. The van der Waals surface area contributed by atoms with E-state index in [4.69, 9.17) is 13.1 Å². The molecule has 28 heavy (non-hydrogen) atoms. The molecular weight excluding hydrogens is 390 g/mol. The first-order valence-electron chi connectivity index (χ1n) is 8.96. The summed E-state index contributed by atoms with van der Waals surface area (Å²) in [6, 6.07) is 3.05. The zero-order chi connectivity index (χ0) is 20.3. The van der Waals surface area contributed by atoms with Crippen LogP contribution in [0.3, 0.4) is 0 Å². The normalized spacial score (nSPS) is 14.2. The molecule has 0 aromatic carbocycles. The molecule has 1 aliphatic rings. The lowest BCUT2D eigenvalue weighted by Crippen LogP contribution is -2.23. The van der Waals surface area contributed by atoms with Crippen molar-refractivity contribution in [2.24, 2.45) is 7.05 Å². The van der Waals surface area contributed by atoms with Crippen LogP contribution >= 0.6 is 12.3 Å². The summed E-state index contributed by atoms with van der Waals surface area (Å²) in [7, 11) is 1.61. The van der Waals surface area contributed by atoms with Gasteiger partial charge >= 0.3 is 0 Å². The van der Waals surface area contributed by atoms with Gasteiger partial charge in [-0.3, -0.25) is 14.0 Å². The molecule has 2 aromatic rings. The highest BCUT2D eigenvalue weighted by atomic mass is 32.2. The maximum absolute atomic E-state index is 13.0. The van der Waals surface area contributed by atoms with Crippen LogP contribution in [0.2, 0.25) is 0 Å². The van der Waals surface area contributed by atoms with E-state index in [1.807, 2.05) is 13.0 Å². The highest BCUT2D eigenvalue weighted by molar-refractivity contribution is 7.90. The third kappa shape index (κ3) is 5.23. The minimum atomic E-state index is -2.99. The molecular formula is C19H22F2N2O4S. The summed E-state index contributed by atoms with van der Waals surface area (Å²) in [5, 5.41) is 0. The van der Waals surface area contributed by atoms with Crippen LogP contribution in [0.4, 0.5) is 8.78 Å². The number of pyridine rings is 2. The molecule has 9 heteroatoms. The first-order chi connectivity index (χ1) is 13.3. The summed E-state index contributed by atoms with van der Waals surface area (Å²) in [5.41, 5.74) is 1.31. The number of halogens is 2. The van der Waals surface area contributed by atoms with Gasteiger partial charge in [-0.1, -0.05) is 0 Å². The Morgan fingerprint density at radius 3 is 2.75 bits per heavy atom. The van der Waals surface area contributed by atoms with Gasteiger partial charge in [-0.15, -0.1) is 0 Å². The summed E-state index contributed by atoms with van der Waals surface area (Å²) in [6.07, 6.45) is 5.46. The average Bonchev–Trinajstić information content (AvgIpc) is 3.47. The van der Waals surface area contributed by atoms with E-state index in [1.54, 1.807) is 13.2 Å². The molecule has 0 spiro atoms. The van der Waals surface area contributed by atoms with Crippen LogP contribution in [0.5, 0.6) is 11.6 Å². The van der Waals surface area contributed by atoms with Gasteiger partial charge in [0.05, 0.1) is 12.2 Å². The van der Waals surface area contributed by atoms with Crippen molar-refractivity contribution in [3.05, 3.63) is 40.3 Å². The van der Waals surface area contributed by atoms with Gasteiger partial charge in [-0.2, -0.15) is 0 Å². The number of aromatic nitrogens is 2. The van der Waals surface area contributed by atoms with Crippen molar-refractivity contribution >= 4 is 12.3 Å². The lowest BCUT2D eigenvalue weighted by Gasteiger charge is -2.16. The molecule has 152 valence electrons. The molecule has 0 N–H and O–H groups in total. The first kappa shape index (κ1) is 20.6. The van der Waals surface area contributed by atoms with Crippen LogP contribution in [-0.4, -0.2) is 28.7 Å². The van der Waals surface area contributed by atoms with Gasteiger partial charge in [-0.05, 0) is 37.3 Å². The van der Waals surface area contributed by atoms with Crippen molar-refractivity contribution in [1.29, 1.82) is 0 Å². The minimum Gasteiger partial charge on any atom is -0.472 e. The number of hydrogen-bond donors (Lipinski definition) is 0. The molecule has 0 unspecified atom stereocenters.